The van der Waals surface area contributed by atoms with Crippen molar-refractivity contribution in [2.75, 3.05) is 11.9 Å². The van der Waals surface area contributed by atoms with Crippen LogP contribution in [-0.2, 0) is 13.0 Å². The molecule has 0 radical (unpaired) electrons. The summed E-state index contributed by atoms with van der Waals surface area (Å²) in [5.41, 5.74) is 9.77. The van der Waals surface area contributed by atoms with Crippen LogP contribution in [0.25, 0.3) is 0 Å². The van der Waals surface area contributed by atoms with Crippen LogP contribution in [0.15, 0.2) is 45.7 Å². The third-order valence-electron chi connectivity index (χ3n) is 3.46. The molecular formula is C16H21BrN2O. The minimum Gasteiger partial charge on any atom is -0.472 e. The maximum absolute atomic E-state index is 6.10. The van der Waals surface area contributed by atoms with Gasteiger partial charge in [0.2, 0.25) is 0 Å². The summed E-state index contributed by atoms with van der Waals surface area (Å²) in [4.78, 5) is 2.23. The molecule has 3 nitrogen and oxygen atoms in total. The van der Waals surface area contributed by atoms with Crippen LogP contribution in [-0.4, -0.2) is 13.1 Å². The quantitative estimate of drug-likeness (QED) is 0.868. The Morgan fingerprint density at radius 2 is 2.15 bits per heavy atom. The van der Waals surface area contributed by atoms with E-state index in [1.54, 1.807) is 12.5 Å². The first kappa shape index (κ1) is 15.1. The van der Waals surface area contributed by atoms with Gasteiger partial charge in [-0.25, -0.2) is 0 Å². The second kappa shape index (κ2) is 6.95. The summed E-state index contributed by atoms with van der Waals surface area (Å²) in [7, 11) is 2.09. The smallest absolute Gasteiger partial charge is 0.0952 e. The van der Waals surface area contributed by atoms with E-state index >= 15 is 0 Å². The fraction of sp³-hybridized carbons (Fsp3) is 0.375. The van der Waals surface area contributed by atoms with Gasteiger partial charge in [0.05, 0.1) is 12.5 Å². The number of rotatable bonds is 6. The van der Waals surface area contributed by atoms with E-state index in [4.69, 9.17) is 10.2 Å². The van der Waals surface area contributed by atoms with E-state index < -0.39 is 0 Å². The van der Waals surface area contributed by atoms with Gasteiger partial charge in [-0.1, -0.05) is 28.9 Å². The fourth-order valence-electron chi connectivity index (χ4n) is 2.23. The molecule has 0 saturated carbocycles. The van der Waals surface area contributed by atoms with Crippen molar-refractivity contribution in [1.29, 1.82) is 0 Å². The Balaban J connectivity index is 2.21. The maximum Gasteiger partial charge on any atom is 0.0952 e. The third kappa shape index (κ3) is 3.87. The normalized spacial score (nSPS) is 12.4. The lowest BCUT2D eigenvalue weighted by molar-refractivity contribution is 0.563. The van der Waals surface area contributed by atoms with Gasteiger partial charge in [-0.3, -0.25) is 0 Å². The number of nitrogens with zero attached hydrogens (tertiary/aromatic N) is 1. The molecule has 4 heteroatoms. The average molecular weight is 337 g/mol. The van der Waals surface area contributed by atoms with Crippen molar-refractivity contribution in [3.63, 3.8) is 0 Å². The Kier molecular flexibility index (Phi) is 5.26. The van der Waals surface area contributed by atoms with Gasteiger partial charge in [0.15, 0.2) is 0 Å². The monoisotopic (exact) mass is 336 g/mol. The molecular weight excluding hydrogens is 316 g/mol. The average Bonchev–Trinajstić information content (AvgIpc) is 2.93. The van der Waals surface area contributed by atoms with Crippen molar-refractivity contribution in [3.8, 4) is 0 Å². The number of anilines is 1. The Hall–Kier alpha value is -1.26. The van der Waals surface area contributed by atoms with Gasteiger partial charge in [0, 0.05) is 35.4 Å². The predicted octanol–water partition coefficient (Wildman–Crippen LogP) is 3.96. The molecule has 108 valence electrons. The highest BCUT2D eigenvalue weighted by Crippen LogP contribution is 2.27. The molecule has 2 N–H and O–H groups in total. The van der Waals surface area contributed by atoms with Gasteiger partial charge in [0.1, 0.15) is 0 Å². The summed E-state index contributed by atoms with van der Waals surface area (Å²) in [5, 5.41) is 0. The van der Waals surface area contributed by atoms with Crippen LogP contribution in [0, 0.1) is 0 Å². The molecule has 20 heavy (non-hydrogen) atoms. The van der Waals surface area contributed by atoms with Crippen LogP contribution in [0.5, 0.6) is 0 Å². The third-order valence-corrected chi connectivity index (χ3v) is 3.96. The standard InChI is InChI=1S/C16H21BrN2O/c1-3-15(18)8-13-4-5-14(17)9-16(13)19(2)10-12-6-7-20-11-12/h4-7,9,11,15H,3,8,10,18H2,1-2H3. The van der Waals surface area contributed by atoms with Gasteiger partial charge >= 0.3 is 0 Å². The van der Waals surface area contributed by atoms with Crippen LogP contribution in [0.3, 0.4) is 0 Å². The zero-order chi connectivity index (χ0) is 14.5. The lowest BCUT2D eigenvalue weighted by Gasteiger charge is -2.23. The van der Waals surface area contributed by atoms with Crippen molar-refractivity contribution in [2.24, 2.45) is 5.73 Å². The Labute approximate surface area is 128 Å². The zero-order valence-corrected chi connectivity index (χ0v) is 13.6. The summed E-state index contributed by atoms with van der Waals surface area (Å²) in [6, 6.07) is 8.58. The molecule has 0 spiro atoms. The Bertz CT molecular complexity index is 539. The lowest BCUT2D eigenvalue weighted by atomic mass is 10.0. The van der Waals surface area contributed by atoms with Crippen molar-refractivity contribution < 1.29 is 4.42 Å². The molecule has 1 aromatic heterocycles. The summed E-state index contributed by atoms with van der Waals surface area (Å²) in [5.74, 6) is 0. The number of halogens is 1. The minimum atomic E-state index is 0.206. The Morgan fingerprint density at radius 3 is 2.80 bits per heavy atom. The van der Waals surface area contributed by atoms with Gasteiger partial charge in [-0.2, -0.15) is 0 Å². The van der Waals surface area contributed by atoms with Crippen molar-refractivity contribution >= 4 is 21.6 Å². The first-order valence-electron chi connectivity index (χ1n) is 6.86. The highest BCUT2D eigenvalue weighted by Gasteiger charge is 2.12. The number of furan rings is 1. The topological polar surface area (TPSA) is 42.4 Å². The molecule has 0 aliphatic rings. The maximum atomic E-state index is 6.10. The Morgan fingerprint density at radius 1 is 1.35 bits per heavy atom. The van der Waals surface area contributed by atoms with Crippen molar-refractivity contribution in [3.05, 3.63) is 52.4 Å². The highest BCUT2D eigenvalue weighted by atomic mass is 79.9. The summed E-state index contributed by atoms with van der Waals surface area (Å²) < 4.78 is 6.21. The van der Waals surface area contributed by atoms with E-state index in [-0.39, 0.29) is 6.04 Å². The molecule has 1 aromatic carbocycles. The second-order valence-corrected chi connectivity index (χ2v) is 6.05. The van der Waals surface area contributed by atoms with Crippen LogP contribution in [0.1, 0.15) is 24.5 Å². The molecule has 0 saturated heterocycles. The number of hydrogen-bond acceptors (Lipinski definition) is 3. The second-order valence-electron chi connectivity index (χ2n) is 5.13. The van der Waals surface area contributed by atoms with Gasteiger partial charge < -0.3 is 15.1 Å². The molecule has 0 amide bonds. The minimum absolute atomic E-state index is 0.206. The molecule has 0 aliphatic carbocycles. The number of nitrogens with two attached hydrogens (primary N) is 1. The van der Waals surface area contributed by atoms with E-state index in [9.17, 15) is 0 Å². The number of hydrogen-bond donors (Lipinski definition) is 1. The summed E-state index contributed by atoms with van der Waals surface area (Å²) >= 11 is 3.55. The first-order chi connectivity index (χ1) is 9.60. The first-order valence-corrected chi connectivity index (χ1v) is 7.65. The molecule has 2 aromatic rings. The van der Waals surface area contributed by atoms with E-state index in [0.717, 1.165) is 23.9 Å². The van der Waals surface area contributed by atoms with Gasteiger partial charge in [-0.05, 0) is 36.6 Å². The SMILES string of the molecule is CCC(N)Cc1ccc(Br)cc1N(C)Cc1ccoc1. The molecule has 0 fully saturated rings. The summed E-state index contributed by atoms with van der Waals surface area (Å²) in [6.07, 6.45) is 5.37. The zero-order valence-electron chi connectivity index (χ0n) is 12.0. The molecule has 0 aliphatic heterocycles. The van der Waals surface area contributed by atoms with Crippen LogP contribution in [0.4, 0.5) is 5.69 Å². The highest BCUT2D eigenvalue weighted by molar-refractivity contribution is 9.10. The summed E-state index contributed by atoms with van der Waals surface area (Å²) in [6.45, 7) is 2.94. The van der Waals surface area contributed by atoms with Crippen molar-refractivity contribution in [2.45, 2.75) is 32.4 Å². The molecule has 1 unspecified atom stereocenters. The van der Waals surface area contributed by atoms with Crippen LogP contribution in [0.2, 0.25) is 0 Å². The van der Waals surface area contributed by atoms with Crippen molar-refractivity contribution in [1.82, 2.24) is 0 Å². The molecule has 1 atom stereocenters. The van der Waals surface area contributed by atoms with E-state index in [1.807, 2.05) is 6.07 Å². The molecule has 1 heterocycles. The number of benzene rings is 1. The largest absolute Gasteiger partial charge is 0.472 e. The van der Waals surface area contributed by atoms with E-state index in [2.05, 4.69) is 53.0 Å². The van der Waals surface area contributed by atoms with Crippen LogP contribution >= 0.6 is 15.9 Å². The van der Waals surface area contributed by atoms with Crippen LogP contribution < -0.4 is 10.6 Å². The lowest BCUT2D eigenvalue weighted by Crippen LogP contribution is -2.24. The van der Waals surface area contributed by atoms with E-state index in [1.165, 1.54) is 16.8 Å². The predicted molar refractivity (Wildman–Crippen MR) is 86.9 cm³/mol. The van der Waals surface area contributed by atoms with Gasteiger partial charge in [-0.15, -0.1) is 0 Å². The van der Waals surface area contributed by atoms with Gasteiger partial charge in [0.25, 0.3) is 0 Å². The van der Waals surface area contributed by atoms with E-state index in [0.29, 0.717) is 0 Å². The fourth-order valence-corrected chi connectivity index (χ4v) is 2.58. The molecule has 0 bridgehead atoms. The molecule has 2 rings (SSSR count).